The van der Waals surface area contributed by atoms with E-state index in [1.807, 2.05) is 50.2 Å². The monoisotopic (exact) mass is 391 g/mol. The van der Waals surface area contributed by atoms with E-state index in [0.29, 0.717) is 19.3 Å². The van der Waals surface area contributed by atoms with E-state index in [1.54, 1.807) is 7.11 Å². The van der Waals surface area contributed by atoms with Crippen molar-refractivity contribution in [3.05, 3.63) is 42.0 Å². The Bertz CT molecular complexity index is 877. The summed E-state index contributed by atoms with van der Waals surface area (Å²) in [4.78, 5) is 12.5. The zero-order chi connectivity index (χ0) is 19.9. The smallest absolute Gasteiger partial charge is 0.237 e. The molecular formula is C21H29NO4S. The van der Waals surface area contributed by atoms with E-state index < -0.39 is 10.0 Å². The van der Waals surface area contributed by atoms with E-state index in [2.05, 4.69) is 0 Å². The first-order valence-electron chi connectivity index (χ1n) is 9.51. The van der Waals surface area contributed by atoms with E-state index in [1.165, 1.54) is 0 Å². The van der Waals surface area contributed by atoms with Crippen LogP contribution in [0.1, 0.15) is 45.1 Å². The first-order valence-corrected chi connectivity index (χ1v) is 11.1. The molecule has 0 atom stereocenters. The minimum absolute atomic E-state index is 0.00573. The maximum atomic E-state index is 12.6. The van der Waals surface area contributed by atoms with Crippen LogP contribution in [0.2, 0.25) is 0 Å². The maximum absolute atomic E-state index is 12.6. The lowest BCUT2D eigenvalue weighted by Crippen LogP contribution is -2.39. The number of hydrogen-bond donors (Lipinski definition) is 0. The molecule has 0 N–H and O–H groups in total. The van der Waals surface area contributed by atoms with Crippen LogP contribution in [-0.2, 0) is 21.2 Å². The summed E-state index contributed by atoms with van der Waals surface area (Å²) in [5.74, 6) is 0.446. The van der Waals surface area contributed by atoms with Crippen LogP contribution in [0.3, 0.4) is 0 Å². The van der Waals surface area contributed by atoms with Crippen LogP contribution in [0.5, 0.6) is 5.75 Å². The summed E-state index contributed by atoms with van der Waals surface area (Å²) in [7, 11) is -1.96. The van der Waals surface area contributed by atoms with E-state index in [-0.39, 0.29) is 24.6 Å². The lowest BCUT2D eigenvalue weighted by Gasteiger charge is -2.23. The van der Waals surface area contributed by atoms with E-state index in [0.717, 1.165) is 32.8 Å². The quantitative estimate of drug-likeness (QED) is 0.610. The fraction of sp³-hybridized carbons (Fsp3) is 0.476. The standard InChI is InChI=1S/C21H29NO4S/c1-4-6-10-21(23)22(27(24,25)15-5-2)14-13-18-9-7-8-17-11-12-19(26-3)16-20(17)18/h7-9,11-12,16H,4-6,10,13-15H2,1-3H3. The van der Waals surface area contributed by atoms with Crippen molar-refractivity contribution in [2.24, 2.45) is 0 Å². The molecule has 0 spiro atoms. The van der Waals surface area contributed by atoms with E-state index >= 15 is 0 Å². The van der Waals surface area contributed by atoms with Crippen LogP contribution >= 0.6 is 0 Å². The average Bonchev–Trinajstić information content (AvgIpc) is 2.65. The number of ether oxygens (including phenoxy) is 1. The molecule has 0 aliphatic rings. The number of hydrogen-bond acceptors (Lipinski definition) is 4. The molecule has 0 bridgehead atoms. The van der Waals surface area contributed by atoms with Crippen molar-refractivity contribution in [1.29, 1.82) is 0 Å². The zero-order valence-corrected chi connectivity index (χ0v) is 17.2. The number of carbonyl (C=O) groups is 1. The fourth-order valence-electron chi connectivity index (χ4n) is 3.12. The molecule has 0 aromatic heterocycles. The Morgan fingerprint density at radius 1 is 1.11 bits per heavy atom. The second kappa shape index (κ2) is 9.74. The summed E-state index contributed by atoms with van der Waals surface area (Å²) in [5.41, 5.74) is 1.01. The van der Waals surface area contributed by atoms with Crippen LogP contribution in [-0.4, -0.2) is 38.0 Å². The minimum Gasteiger partial charge on any atom is -0.497 e. The molecule has 0 aliphatic heterocycles. The molecular weight excluding hydrogens is 362 g/mol. The molecule has 0 saturated carbocycles. The van der Waals surface area contributed by atoms with Gasteiger partial charge < -0.3 is 4.74 Å². The highest BCUT2D eigenvalue weighted by molar-refractivity contribution is 7.89. The Morgan fingerprint density at radius 3 is 2.56 bits per heavy atom. The largest absolute Gasteiger partial charge is 0.497 e. The summed E-state index contributed by atoms with van der Waals surface area (Å²) in [5, 5.41) is 2.08. The van der Waals surface area contributed by atoms with Crippen molar-refractivity contribution in [2.45, 2.75) is 46.0 Å². The van der Waals surface area contributed by atoms with Crippen molar-refractivity contribution in [2.75, 3.05) is 19.4 Å². The number of unbranched alkanes of at least 4 members (excludes halogenated alkanes) is 1. The minimum atomic E-state index is -3.58. The summed E-state index contributed by atoms with van der Waals surface area (Å²) in [6.45, 7) is 3.96. The van der Waals surface area contributed by atoms with Gasteiger partial charge in [-0.25, -0.2) is 12.7 Å². The van der Waals surface area contributed by atoms with Gasteiger partial charge in [0.15, 0.2) is 0 Å². The first kappa shape index (κ1) is 21.2. The Labute approximate surface area is 162 Å². The van der Waals surface area contributed by atoms with Gasteiger partial charge in [-0.1, -0.05) is 44.5 Å². The molecule has 2 aromatic carbocycles. The number of sulfonamides is 1. The molecule has 0 saturated heterocycles. The number of fused-ring (bicyclic) bond motifs is 1. The van der Waals surface area contributed by atoms with Crippen molar-refractivity contribution < 1.29 is 17.9 Å². The predicted octanol–water partition coefficient (Wildman–Crippen LogP) is 4.15. The van der Waals surface area contributed by atoms with Crippen LogP contribution < -0.4 is 4.74 Å². The van der Waals surface area contributed by atoms with E-state index in [9.17, 15) is 13.2 Å². The van der Waals surface area contributed by atoms with Gasteiger partial charge in [0.05, 0.1) is 12.9 Å². The van der Waals surface area contributed by atoms with Gasteiger partial charge in [0.25, 0.3) is 0 Å². The maximum Gasteiger partial charge on any atom is 0.237 e. The van der Waals surface area contributed by atoms with Crippen LogP contribution in [0.15, 0.2) is 36.4 Å². The molecule has 0 unspecified atom stereocenters. The molecule has 0 fully saturated rings. The number of methoxy groups -OCH3 is 1. The van der Waals surface area contributed by atoms with Crippen LogP contribution in [0.4, 0.5) is 0 Å². The Balaban J connectivity index is 2.28. The van der Waals surface area contributed by atoms with Gasteiger partial charge in [-0.15, -0.1) is 0 Å². The molecule has 0 radical (unpaired) electrons. The normalized spacial score (nSPS) is 11.5. The SMILES string of the molecule is CCCCC(=O)N(CCc1cccc2ccc(OC)cc12)S(=O)(=O)CCC. The summed E-state index contributed by atoms with van der Waals surface area (Å²) >= 11 is 0. The van der Waals surface area contributed by atoms with Crippen molar-refractivity contribution in [3.63, 3.8) is 0 Å². The third kappa shape index (κ3) is 5.45. The molecule has 0 heterocycles. The highest BCUT2D eigenvalue weighted by Gasteiger charge is 2.26. The van der Waals surface area contributed by atoms with Gasteiger partial charge in [0.2, 0.25) is 15.9 Å². The third-order valence-electron chi connectivity index (χ3n) is 4.58. The zero-order valence-electron chi connectivity index (χ0n) is 16.4. The molecule has 27 heavy (non-hydrogen) atoms. The van der Waals surface area contributed by atoms with Gasteiger partial charge in [0.1, 0.15) is 5.75 Å². The van der Waals surface area contributed by atoms with Gasteiger partial charge in [0, 0.05) is 13.0 Å². The Hall–Kier alpha value is -2.08. The highest BCUT2D eigenvalue weighted by atomic mass is 32.2. The second-order valence-corrected chi connectivity index (χ2v) is 8.65. The van der Waals surface area contributed by atoms with Gasteiger partial charge in [-0.05, 0) is 47.7 Å². The molecule has 2 rings (SSSR count). The van der Waals surface area contributed by atoms with Gasteiger partial charge in [-0.2, -0.15) is 0 Å². The average molecular weight is 392 g/mol. The third-order valence-corrected chi connectivity index (χ3v) is 6.57. The topological polar surface area (TPSA) is 63.7 Å². The second-order valence-electron chi connectivity index (χ2n) is 6.64. The lowest BCUT2D eigenvalue weighted by atomic mass is 10.0. The molecule has 1 amide bonds. The summed E-state index contributed by atoms with van der Waals surface area (Å²) in [6, 6.07) is 11.8. The van der Waals surface area contributed by atoms with Crippen LogP contribution in [0, 0.1) is 0 Å². The number of benzene rings is 2. The first-order chi connectivity index (χ1) is 12.9. The lowest BCUT2D eigenvalue weighted by molar-refractivity contribution is -0.126. The Morgan fingerprint density at radius 2 is 1.89 bits per heavy atom. The molecule has 2 aromatic rings. The number of carbonyl (C=O) groups excluding carboxylic acids is 1. The van der Waals surface area contributed by atoms with Gasteiger partial charge >= 0.3 is 0 Å². The van der Waals surface area contributed by atoms with Crippen molar-refractivity contribution in [3.8, 4) is 5.75 Å². The van der Waals surface area contributed by atoms with Gasteiger partial charge in [-0.3, -0.25) is 4.79 Å². The summed E-state index contributed by atoms with van der Waals surface area (Å²) in [6.07, 6.45) is 2.79. The number of rotatable bonds is 10. The molecule has 0 aliphatic carbocycles. The van der Waals surface area contributed by atoms with E-state index in [4.69, 9.17) is 4.74 Å². The fourth-order valence-corrected chi connectivity index (χ4v) is 4.63. The molecule has 148 valence electrons. The Kier molecular flexibility index (Phi) is 7.66. The number of amides is 1. The predicted molar refractivity (Wildman–Crippen MR) is 110 cm³/mol. The highest BCUT2D eigenvalue weighted by Crippen LogP contribution is 2.25. The van der Waals surface area contributed by atoms with Crippen molar-refractivity contribution >= 4 is 26.7 Å². The summed E-state index contributed by atoms with van der Waals surface area (Å²) < 4.78 is 31.6. The van der Waals surface area contributed by atoms with Crippen molar-refractivity contribution in [1.82, 2.24) is 4.31 Å². The van der Waals surface area contributed by atoms with Crippen LogP contribution in [0.25, 0.3) is 10.8 Å². The molecule has 6 heteroatoms. The molecule has 5 nitrogen and oxygen atoms in total. The number of nitrogens with zero attached hydrogens (tertiary/aromatic N) is 1.